The predicted molar refractivity (Wildman–Crippen MR) is 138 cm³/mol. The van der Waals surface area contributed by atoms with E-state index in [0.29, 0.717) is 24.5 Å². The Morgan fingerprint density at radius 3 is 2.74 bits per heavy atom. The number of hydrogen-bond donors (Lipinski definition) is 2. The van der Waals surface area contributed by atoms with Crippen LogP contribution in [0, 0.1) is 0 Å². The Morgan fingerprint density at radius 1 is 1.31 bits per heavy atom. The SMILES string of the molecule is CS(=O)(=O)n1ccc(N(C=O)CC(=O)Nc2nc(C3(CN)C=CC=C(c4ccccc4)C3)cs2)c1. The zero-order chi connectivity index (χ0) is 25.1. The van der Waals surface area contributed by atoms with Crippen LogP contribution in [0.4, 0.5) is 10.8 Å². The van der Waals surface area contributed by atoms with Gasteiger partial charge in [0.25, 0.3) is 0 Å². The van der Waals surface area contributed by atoms with E-state index in [1.54, 1.807) is 0 Å². The van der Waals surface area contributed by atoms with Crippen molar-refractivity contribution in [3.05, 3.63) is 83.7 Å². The van der Waals surface area contributed by atoms with Crippen LogP contribution in [0.25, 0.3) is 5.57 Å². The average Bonchev–Trinajstić information content (AvgIpc) is 3.53. The Bertz CT molecular complexity index is 1390. The van der Waals surface area contributed by atoms with Crippen molar-refractivity contribution < 1.29 is 18.0 Å². The van der Waals surface area contributed by atoms with Crippen LogP contribution < -0.4 is 16.0 Å². The van der Waals surface area contributed by atoms with Crippen LogP contribution in [0.5, 0.6) is 0 Å². The highest BCUT2D eigenvalue weighted by molar-refractivity contribution is 7.89. The number of carbonyl (C=O) groups excluding carboxylic acids is 2. The molecular weight excluding hydrogens is 486 g/mol. The number of hydrogen-bond acceptors (Lipinski definition) is 7. The molecule has 0 radical (unpaired) electrons. The van der Waals surface area contributed by atoms with E-state index in [0.717, 1.165) is 32.0 Å². The van der Waals surface area contributed by atoms with Gasteiger partial charge in [-0.1, -0.05) is 48.6 Å². The van der Waals surface area contributed by atoms with Crippen molar-refractivity contribution in [2.24, 2.45) is 5.73 Å². The fourth-order valence-corrected chi connectivity index (χ4v) is 5.30. The molecule has 1 aliphatic carbocycles. The van der Waals surface area contributed by atoms with Crippen LogP contribution >= 0.6 is 11.3 Å². The van der Waals surface area contributed by atoms with Crippen LogP contribution in [-0.2, 0) is 25.0 Å². The lowest BCUT2D eigenvalue weighted by atomic mass is 9.74. The number of benzene rings is 1. The molecule has 1 aliphatic rings. The largest absolute Gasteiger partial charge is 0.329 e. The average molecular weight is 512 g/mol. The highest BCUT2D eigenvalue weighted by Crippen LogP contribution is 2.39. The number of rotatable bonds is 9. The number of carbonyl (C=O) groups is 2. The predicted octanol–water partition coefficient (Wildman–Crippen LogP) is 2.59. The maximum atomic E-state index is 12.6. The highest BCUT2D eigenvalue weighted by atomic mass is 32.2. The molecular formula is C24H25N5O4S2. The van der Waals surface area contributed by atoms with Crippen molar-refractivity contribution in [3.8, 4) is 0 Å². The van der Waals surface area contributed by atoms with Gasteiger partial charge in [0.05, 0.1) is 17.6 Å². The van der Waals surface area contributed by atoms with Crippen molar-refractivity contribution in [1.82, 2.24) is 8.96 Å². The molecule has 11 heteroatoms. The Balaban J connectivity index is 1.46. The van der Waals surface area contributed by atoms with Crippen LogP contribution in [0.1, 0.15) is 17.7 Å². The molecule has 2 heterocycles. The molecule has 9 nitrogen and oxygen atoms in total. The molecule has 2 aromatic heterocycles. The summed E-state index contributed by atoms with van der Waals surface area (Å²) in [5.41, 5.74) is 9.03. The van der Waals surface area contributed by atoms with Crippen LogP contribution in [-0.4, -0.2) is 49.0 Å². The maximum absolute atomic E-state index is 12.6. The number of nitrogens with two attached hydrogens (primary N) is 1. The summed E-state index contributed by atoms with van der Waals surface area (Å²) in [6.07, 6.45) is 10.9. The van der Waals surface area contributed by atoms with Gasteiger partial charge in [0.2, 0.25) is 22.3 Å². The molecule has 0 bridgehead atoms. The maximum Gasteiger partial charge on any atom is 0.246 e. The third kappa shape index (κ3) is 5.42. The number of aromatic nitrogens is 2. The van der Waals surface area contributed by atoms with E-state index in [1.807, 2.05) is 35.7 Å². The third-order valence-electron chi connectivity index (χ3n) is 5.80. The minimum absolute atomic E-state index is 0.287. The van der Waals surface area contributed by atoms with Gasteiger partial charge >= 0.3 is 0 Å². The zero-order valence-electron chi connectivity index (χ0n) is 19.0. The normalized spacial score (nSPS) is 17.6. The van der Waals surface area contributed by atoms with E-state index in [1.165, 1.54) is 29.8 Å². The lowest BCUT2D eigenvalue weighted by Gasteiger charge is -2.31. The number of anilines is 2. The number of nitrogens with zero attached hydrogens (tertiary/aromatic N) is 3. The molecule has 35 heavy (non-hydrogen) atoms. The number of nitrogens with one attached hydrogen (secondary N) is 1. The Labute approximate surface area is 207 Å². The van der Waals surface area contributed by atoms with Crippen LogP contribution in [0.3, 0.4) is 0 Å². The summed E-state index contributed by atoms with van der Waals surface area (Å²) in [7, 11) is -3.49. The number of allylic oxidation sites excluding steroid dienone is 3. The van der Waals surface area contributed by atoms with Gasteiger partial charge in [0, 0.05) is 29.7 Å². The highest BCUT2D eigenvalue weighted by Gasteiger charge is 2.34. The van der Waals surface area contributed by atoms with Crippen molar-refractivity contribution in [3.63, 3.8) is 0 Å². The van der Waals surface area contributed by atoms with Crippen molar-refractivity contribution in [2.75, 3.05) is 29.6 Å². The first-order valence-corrected chi connectivity index (χ1v) is 13.5. The van der Waals surface area contributed by atoms with E-state index in [4.69, 9.17) is 5.73 Å². The fraction of sp³-hybridized carbons (Fsp3) is 0.208. The molecule has 4 rings (SSSR count). The van der Waals surface area contributed by atoms with Gasteiger partial charge in [-0.15, -0.1) is 11.3 Å². The molecule has 1 aromatic carbocycles. The molecule has 0 saturated heterocycles. The Hall–Kier alpha value is -3.54. The molecule has 0 saturated carbocycles. The first kappa shape index (κ1) is 24.6. The summed E-state index contributed by atoms with van der Waals surface area (Å²) in [6, 6.07) is 11.5. The molecule has 3 N–H and O–H groups in total. The van der Waals surface area contributed by atoms with Gasteiger partial charge in [0.1, 0.15) is 6.54 Å². The molecule has 0 spiro atoms. The van der Waals surface area contributed by atoms with E-state index in [-0.39, 0.29) is 12.2 Å². The minimum Gasteiger partial charge on any atom is -0.329 e. The Morgan fingerprint density at radius 2 is 2.09 bits per heavy atom. The van der Waals surface area contributed by atoms with Crippen LogP contribution in [0.15, 0.2) is 72.4 Å². The van der Waals surface area contributed by atoms with Gasteiger partial charge in [-0.25, -0.2) is 13.4 Å². The molecule has 1 atom stereocenters. The first-order chi connectivity index (χ1) is 16.7. The van der Waals surface area contributed by atoms with Gasteiger partial charge < -0.3 is 16.0 Å². The fourth-order valence-electron chi connectivity index (χ4n) is 3.88. The third-order valence-corrected chi connectivity index (χ3v) is 7.55. The zero-order valence-corrected chi connectivity index (χ0v) is 20.6. The molecule has 182 valence electrons. The van der Waals surface area contributed by atoms with Crippen molar-refractivity contribution in [2.45, 2.75) is 11.8 Å². The second-order valence-electron chi connectivity index (χ2n) is 8.24. The van der Waals surface area contributed by atoms with Crippen molar-refractivity contribution >= 4 is 50.1 Å². The number of amides is 2. The lowest BCUT2D eigenvalue weighted by molar-refractivity contribution is -0.116. The topological polar surface area (TPSA) is 127 Å². The number of thiazole rings is 1. The van der Waals surface area contributed by atoms with Gasteiger partial charge in [-0.2, -0.15) is 0 Å². The summed E-state index contributed by atoms with van der Waals surface area (Å²) in [5, 5.41) is 4.99. The molecule has 3 aromatic rings. The molecule has 0 aliphatic heterocycles. The molecule has 0 fully saturated rings. The van der Waals surface area contributed by atoms with Crippen LogP contribution in [0.2, 0.25) is 0 Å². The molecule has 1 unspecified atom stereocenters. The van der Waals surface area contributed by atoms with Gasteiger partial charge in [-0.3, -0.25) is 13.6 Å². The van der Waals surface area contributed by atoms with Crippen molar-refractivity contribution in [1.29, 1.82) is 0 Å². The van der Waals surface area contributed by atoms with E-state index >= 15 is 0 Å². The van der Waals surface area contributed by atoms with Gasteiger partial charge in [-0.05, 0) is 23.6 Å². The molecule has 2 amide bonds. The van der Waals surface area contributed by atoms with E-state index in [9.17, 15) is 18.0 Å². The second kappa shape index (κ2) is 9.98. The van der Waals surface area contributed by atoms with Gasteiger partial charge in [0.15, 0.2) is 5.13 Å². The minimum atomic E-state index is -3.49. The summed E-state index contributed by atoms with van der Waals surface area (Å²) >= 11 is 1.28. The summed E-state index contributed by atoms with van der Waals surface area (Å²) in [5.74, 6) is -0.462. The summed E-state index contributed by atoms with van der Waals surface area (Å²) in [4.78, 5) is 29.9. The quantitative estimate of drug-likeness (QED) is 0.425. The van der Waals surface area contributed by atoms with E-state index < -0.39 is 21.3 Å². The Kier molecular flexibility index (Phi) is 7.01. The smallest absolute Gasteiger partial charge is 0.246 e. The lowest BCUT2D eigenvalue weighted by Crippen LogP contribution is -2.35. The van der Waals surface area contributed by atoms with E-state index in [2.05, 4.69) is 28.5 Å². The first-order valence-electron chi connectivity index (χ1n) is 10.7. The second-order valence-corrected chi connectivity index (χ2v) is 11.0. The summed E-state index contributed by atoms with van der Waals surface area (Å²) in [6.45, 7) is 0.0516. The standard InChI is InChI=1S/C24H25N5O4S2/c1-35(32,33)29-11-9-20(13-29)28(17-30)14-22(31)27-23-26-21(15-34-23)24(16-25)10-5-8-19(12-24)18-6-3-2-4-7-18/h2-11,13,15,17H,12,14,16,25H2,1H3,(H,26,27,31). The monoisotopic (exact) mass is 511 g/mol. The summed E-state index contributed by atoms with van der Waals surface area (Å²) < 4.78 is 24.3.